The Morgan fingerprint density at radius 2 is 1.93 bits per heavy atom. The molecule has 0 saturated carbocycles. The zero-order valence-corrected chi connectivity index (χ0v) is 10.9. The first-order valence-electron chi connectivity index (χ1n) is 4.51. The molecule has 0 aliphatic carbocycles. The minimum Gasteiger partial charge on any atom is -0.425 e. The molecule has 0 radical (unpaired) electrons. The summed E-state index contributed by atoms with van der Waals surface area (Å²) in [7, 11) is 0. The molecule has 0 fully saturated rings. The van der Waals surface area contributed by atoms with Crippen LogP contribution < -0.4 is 4.74 Å². The molecule has 2 nitrogen and oxygen atoms in total. The molecule has 0 aliphatic rings. The zero-order chi connectivity index (χ0) is 11.5. The molecular formula is C11H12BrClO2. The monoisotopic (exact) mass is 290 g/mol. The Morgan fingerprint density at radius 3 is 2.40 bits per heavy atom. The molecule has 0 bridgehead atoms. The first-order valence-corrected chi connectivity index (χ1v) is 5.74. The van der Waals surface area contributed by atoms with Crippen molar-refractivity contribution in [2.75, 3.05) is 0 Å². The van der Waals surface area contributed by atoms with Gasteiger partial charge in [-0.2, -0.15) is 0 Å². The van der Waals surface area contributed by atoms with Crippen LogP contribution >= 0.6 is 27.5 Å². The topological polar surface area (TPSA) is 26.3 Å². The van der Waals surface area contributed by atoms with Crippen molar-refractivity contribution in [3.63, 3.8) is 0 Å². The molecule has 0 aromatic heterocycles. The SMILES string of the molecule is CC(C)(Br)C(Cl)C(=O)Oc1ccccc1. The van der Waals surface area contributed by atoms with Gasteiger partial charge in [0.1, 0.15) is 11.1 Å². The summed E-state index contributed by atoms with van der Waals surface area (Å²) < 4.78 is 4.62. The lowest BCUT2D eigenvalue weighted by Crippen LogP contribution is -2.35. The van der Waals surface area contributed by atoms with Crippen molar-refractivity contribution in [2.45, 2.75) is 23.5 Å². The van der Waals surface area contributed by atoms with E-state index in [1.165, 1.54) is 0 Å². The zero-order valence-electron chi connectivity index (χ0n) is 8.54. The van der Waals surface area contributed by atoms with Crippen LogP contribution in [-0.4, -0.2) is 15.7 Å². The number of carbonyl (C=O) groups is 1. The van der Waals surface area contributed by atoms with E-state index in [1.54, 1.807) is 24.3 Å². The fourth-order valence-electron chi connectivity index (χ4n) is 0.937. The van der Waals surface area contributed by atoms with E-state index >= 15 is 0 Å². The first kappa shape index (κ1) is 12.5. The summed E-state index contributed by atoms with van der Waals surface area (Å²) in [6.45, 7) is 3.63. The Morgan fingerprint density at radius 1 is 1.40 bits per heavy atom. The number of rotatable bonds is 3. The maximum atomic E-state index is 11.6. The molecule has 4 heteroatoms. The van der Waals surface area contributed by atoms with E-state index in [0.29, 0.717) is 5.75 Å². The van der Waals surface area contributed by atoms with Crippen LogP contribution in [0.25, 0.3) is 0 Å². The van der Waals surface area contributed by atoms with Gasteiger partial charge in [-0.3, -0.25) is 0 Å². The van der Waals surface area contributed by atoms with Crippen molar-refractivity contribution in [1.29, 1.82) is 0 Å². The number of hydrogen-bond donors (Lipinski definition) is 0. The van der Waals surface area contributed by atoms with E-state index in [-0.39, 0.29) is 0 Å². The highest BCUT2D eigenvalue weighted by Crippen LogP contribution is 2.27. The van der Waals surface area contributed by atoms with Gasteiger partial charge in [0.25, 0.3) is 0 Å². The van der Waals surface area contributed by atoms with Crippen LogP contribution in [0.5, 0.6) is 5.75 Å². The summed E-state index contributed by atoms with van der Waals surface area (Å²) in [6.07, 6.45) is 0. The van der Waals surface area contributed by atoms with Crippen molar-refractivity contribution < 1.29 is 9.53 Å². The van der Waals surface area contributed by atoms with Crippen LogP contribution in [0.4, 0.5) is 0 Å². The van der Waals surface area contributed by atoms with E-state index in [0.717, 1.165) is 0 Å². The third-order valence-corrected chi connectivity index (χ3v) is 3.22. The summed E-state index contributed by atoms with van der Waals surface area (Å²) in [5.74, 6) is 0.0506. The maximum absolute atomic E-state index is 11.6. The van der Waals surface area contributed by atoms with Gasteiger partial charge < -0.3 is 4.74 Å². The fourth-order valence-corrected chi connectivity index (χ4v) is 1.17. The molecule has 1 aromatic carbocycles. The predicted molar refractivity (Wildman–Crippen MR) is 64.7 cm³/mol. The molecule has 0 N–H and O–H groups in total. The van der Waals surface area contributed by atoms with Gasteiger partial charge in [0.05, 0.1) is 0 Å². The van der Waals surface area contributed by atoms with Crippen molar-refractivity contribution in [3.8, 4) is 5.75 Å². The summed E-state index contributed by atoms with van der Waals surface area (Å²) >= 11 is 9.26. The van der Waals surface area contributed by atoms with Crippen LogP contribution in [0.1, 0.15) is 13.8 Å². The largest absolute Gasteiger partial charge is 0.425 e. The van der Waals surface area contributed by atoms with Crippen LogP contribution in [0, 0.1) is 0 Å². The summed E-state index contributed by atoms with van der Waals surface area (Å²) in [4.78, 5) is 11.6. The van der Waals surface area contributed by atoms with Crippen molar-refractivity contribution >= 4 is 33.5 Å². The molecule has 1 unspecified atom stereocenters. The highest BCUT2D eigenvalue weighted by molar-refractivity contribution is 9.10. The predicted octanol–water partition coefficient (Wildman–Crippen LogP) is 3.37. The average Bonchev–Trinajstić information content (AvgIpc) is 2.16. The summed E-state index contributed by atoms with van der Waals surface area (Å²) in [5.41, 5.74) is 0. The molecule has 0 saturated heterocycles. The number of ether oxygens (including phenoxy) is 1. The Hall–Kier alpha value is -0.540. The normalized spacial score (nSPS) is 13.3. The molecule has 0 aliphatic heterocycles. The Balaban J connectivity index is 2.65. The minimum absolute atomic E-state index is 0.454. The van der Waals surface area contributed by atoms with Gasteiger partial charge in [0.15, 0.2) is 0 Å². The minimum atomic E-state index is -0.724. The second-order valence-corrected chi connectivity index (χ2v) is 6.14. The Labute approximate surface area is 103 Å². The molecule has 1 aromatic rings. The third kappa shape index (κ3) is 3.84. The quantitative estimate of drug-likeness (QED) is 0.485. The highest BCUT2D eigenvalue weighted by atomic mass is 79.9. The summed E-state index contributed by atoms with van der Waals surface area (Å²) in [5, 5.41) is -0.724. The van der Waals surface area contributed by atoms with Gasteiger partial charge in [-0.05, 0) is 26.0 Å². The molecular weight excluding hydrogens is 279 g/mol. The molecule has 0 heterocycles. The number of benzene rings is 1. The van der Waals surface area contributed by atoms with Crippen molar-refractivity contribution in [1.82, 2.24) is 0 Å². The van der Waals surface area contributed by atoms with Gasteiger partial charge in [-0.15, -0.1) is 11.6 Å². The van der Waals surface area contributed by atoms with Gasteiger partial charge in [-0.1, -0.05) is 34.1 Å². The lowest BCUT2D eigenvalue weighted by Gasteiger charge is -2.21. The summed E-state index contributed by atoms with van der Waals surface area (Å²) in [6, 6.07) is 8.87. The van der Waals surface area contributed by atoms with E-state index in [2.05, 4.69) is 15.9 Å². The van der Waals surface area contributed by atoms with Crippen LogP contribution in [-0.2, 0) is 4.79 Å². The van der Waals surface area contributed by atoms with Crippen molar-refractivity contribution in [3.05, 3.63) is 30.3 Å². The van der Waals surface area contributed by atoms with E-state index in [9.17, 15) is 4.79 Å². The van der Waals surface area contributed by atoms with Gasteiger partial charge >= 0.3 is 5.97 Å². The van der Waals surface area contributed by atoms with E-state index in [4.69, 9.17) is 16.3 Å². The number of alkyl halides is 2. The molecule has 0 spiro atoms. The number of carbonyl (C=O) groups excluding carboxylic acids is 1. The lowest BCUT2D eigenvalue weighted by atomic mass is 10.1. The van der Waals surface area contributed by atoms with Gasteiger partial charge in [0, 0.05) is 4.32 Å². The lowest BCUT2D eigenvalue weighted by molar-refractivity contribution is -0.134. The fraction of sp³-hybridized carbons (Fsp3) is 0.364. The molecule has 1 atom stereocenters. The average molecular weight is 292 g/mol. The van der Waals surface area contributed by atoms with E-state index in [1.807, 2.05) is 19.9 Å². The molecule has 0 amide bonds. The highest BCUT2D eigenvalue weighted by Gasteiger charge is 2.32. The van der Waals surface area contributed by atoms with Crippen LogP contribution in [0.3, 0.4) is 0 Å². The van der Waals surface area contributed by atoms with Crippen molar-refractivity contribution in [2.24, 2.45) is 0 Å². The van der Waals surface area contributed by atoms with Gasteiger partial charge in [0.2, 0.25) is 0 Å². The third-order valence-electron chi connectivity index (χ3n) is 1.77. The molecule has 15 heavy (non-hydrogen) atoms. The number of hydrogen-bond acceptors (Lipinski definition) is 2. The Kier molecular flexibility index (Phi) is 4.17. The van der Waals surface area contributed by atoms with Crippen LogP contribution in [0.15, 0.2) is 30.3 Å². The number of para-hydroxylation sites is 1. The molecule has 82 valence electrons. The maximum Gasteiger partial charge on any atom is 0.330 e. The standard InChI is InChI=1S/C11H12BrClO2/c1-11(2,12)9(13)10(14)15-8-6-4-3-5-7-8/h3-7,9H,1-2H3. The number of esters is 1. The second-order valence-electron chi connectivity index (χ2n) is 3.66. The van der Waals surface area contributed by atoms with Crippen LogP contribution in [0.2, 0.25) is 0 Å². The molecule has 1 rings (SSSR count). The first-order chi connectivity index (χ1) is 6.91. The van der Waals surface area contributed by atoms with Gasteiger partial charge in [-0.25, -0.2) is 4.79 Å². The number of halogens is 2. The van der Waals surface area contributed by atoms with E-state index < -0.39 is 15.7 Å². The smallest absolute Gasteiger partial charge is 0.330 e. The second kappa shape index (κ2) is 4.99. The Bertz CT molecular complexity index is 332.